The van der Waals surface area contributed by atoms with Gasteiger partial charge < -0.3 is 25.0 Å². The molecule has 1 unspecified atom stereocenters. The van der Waals surface area contributed by atoms with Crippen molar-refractivity contribution in [3.8, 4) is 17.2 Å². The molecule has 0 saturated carbocycles. The van der Waals surface area contributed by atoms with Gasteiger partial charge in [0, 0.05) is 17.4 Å². The molecule has 0 aromatic heterocycles. The van der Waals surface area contributed by atoms with Crippen LogP contribution in [0, 0.1) is 0 Å². The highest BCUT2D eigenvalue weighted by atomic mass is 16.5. The van der Waals surface area contributed by atoms with Crippen molar-refractivity contribution in [3.05, 3.63) is 78.9 Å². The third kappa shape index (κ3) is 7.17. The molecule has 0 heterocycles. The Morgan fingerprint density at radius 3 is 1.97 bits per heavy atom. The van der Waals surface area contributed by atoms with Crippen LogP contribution in [0.25, 0.3) is 0 Å². The first-order valence-electron chi connectivity index (χ1n) is 9.90. The van der Waals surface area contributed by atoms with Crippen LogP contribution in [0.3, 0.4) is 0 Å². The van der Waals surface area contributed by atoms with E-state index in [2.05, 4.69) is 10.6 Å². The Morgan fingerprint density at radius 2 is 1.32 bits per heavy atom. The van der Waals surface area contributed by atoms with E-state index in [1.165, 1.54) is 0 Å². The number of hydrogen-bond donors (Lipinski definition) is 3. The van der Waals surface area contributed by atoms with Gasteiger partial charge in [-0.3, -0.25) is 9.59 Å². The Labute approximate surface area is 181 Å². The number of quaternary nitrogens is 1. The van der Waals surface area contributed by atoms with Crippen LogP contribution in [-0.4, -0.2) is 39.1 Å². The summed E-state index contributed by atoms with van der Waals surface area (Å²) in [5, 5.41) is 5.65. The maximum absolute atomic E-state index is 12.3. The second kappa shape index (κ2) is 10.8. The Hall–Kier alpha value is -3.84. The standard InChI is InChI=1S/C24H25N3O4/c1-27(17-24(29)26-19-7-6-10-22(15-19)30-2)16-23(28)25-18-11-13-21(14-12-18)31-20-8-4-3-5-9-20/h3-15H,16-17H2,1-2H3,(H,25,28)(H,26,29)/p+1. The van der Waals surface area contributed by atoms with Crippen LogP contribution in [0.4, 0.5) is 11.4 Å². The maximum Gasteiger partial charge on any atom is 0.279 e. The molecule has 0 bridgehead atoms. The lowest BCUT2D eigenvalue weighted by atomic mass is 10.3. The van der Waals surface area contributed by atoms with Crippen LogP contribution in [0.1, 0.15) is 0 Å². The molecule has 0 aliphatic carbocycles. The summed E-state index contributed by atoms with van der Waals surface area (Å²) in [6.45, 7) is 0.322. The summed E-state index contributed by atoms with van der Waals surface area (Å²) in [6.07, 6.45) is 0. The van der Waals surface area contributed by atoms with Crippen molar-refractivity contribution in [3.63, 3.8) is 0 Å². The molecule has 0 aliphatic heterocycles. The Kier molecular flexibility index (Phi) is 7.61. The fourth-order valence-corrected chi connectivity index (χ4v) is 2.95. The summed E-state index contributed by atoms with van der Waals surface area (Å²) in [6, 6.07) is 23.7. The third-order valence-electron chi connectivity index (χ3n) is 4.40. The van der Waals surface area contributed by atoms with E-state index >= 15 is 0 Å². The third-order valence-corrected chi connectivity index (χ3v) is 4.40. The van der Waals surface area contributed by atoms with Crippen molar-refractivity contribution >= 4 is 23.2 Å². The molecule has 31 heavy (non-hydrogen) atoms. The molecule has 0 saturated heterocycles. The van der Waals surface area contributed by atoms with Crippen LogP contribution in [0.15, 0.2) is 78.9 Å². The van der Waals surface area contributed by atoms with Gasteiger partial charge in [0.2, 0.25) is 0 Å². The van der Waals surface area contributed by atoms with Crippen molar-refractivity contribution in [2.75, 3.05) is 37.9 Å². The van der Waals surface area contributed by atoms with Gasteiger partial charge in [-0.05, 0) is 48.5 Å². The van der Waals surface area contributed by atoms with Gasteiger partial charge in [-0.25, -0.2) is 0 Å². The molecule has 3 aromatic rings. The molecule has 2 amide bonds. The van der Waals surface area contributed by atoms with Crippen molar-refractivity contribution in [1.29, 1.82) is 0 Å². The number of anilines is 2. The molecular formula is C24H26N3O4+. The number of carbonyl (C=O) groups excluding carboxylic acids is 2. The molecule has 7 nitrogen and oxygen atoms in total. The van der Waals surface area contributed by atoms with Gasteiger partial charge in [-0.15, -0.1) is 0 Å². The van der Waals surface area contributed by atoms with E-state index in [-0.39, 0.29) is 24.9 Å². The van der Waals surface area contributed by atoms with Gasteiger partial charge in [0.05, 0.1) is 14.2 Å². The normalized spacial score (nSPS) is 11.3. The first-order valence-corrected chi connectivity index (χ1v) is 9.90. The van der Waals surface area contributed by atoms with Crippen molar-refractivity contribution in [2.45, 2.75) is 0 Å². The molecule has 0 radical (unpaired) electrons. The van der Waals surface area contributed by atoms with Gasteiger partial charge in [0.15, 0.2) is 13.1 Å². The number of benzene rings is 3. The summed E-state index contributed by atoms with van der Waals surface area (Å²) in [4.78, 5) is 25.3. The number of carbonyl (C=O) groups is 2. The van der Waals surface area contributed by atoms with Crippen molar-refractivity contribution in [1.82, 2.24) is 0 Å². The highest BCUT2D eigenvalue weighted by Crippen LogP contribution is 2.22. The first kappa shape index (κ1) is 21.9. The van der Waals surface area contributed by atoms with Gasteiger partial charge in [-0.2, -0.15) is 0 Å². The topological polar surface area (TPSA) is 81.1 Å². The van der Waals surface area contributed by atoms with Crippen LogP contribution in [0.5, 0.6) is 17.2 Å². The molecule has 7 heteroatoms. The first-order chi connectivity index (χ1) is 15.0. The van der Waals surface area contributed by atoms with E-state index in [9.17, 15) is 9.59 Å². The number of amides is 2. The molecule has 0 fully saturated rings. The lowest BCUT2D eigenvalue weighted by Crippen LogP contribution is -3.11. The van der Waals surface area contributed by atoms with E-state index in [0.29, 0.717) is 22.9 Å². The zero-order valence-electron chi connectivity index (χ0n) is 17.6. The SMILES string of the molecule is COc1cccc(NC(=O)C[NH+](C)CC(=O)Nc2ccc(Oc3ccccc3)cc2)c1. The molecule has 0 aliphatic rings. The van der Waals surface area contributed by atoms with E-state index < -0.39 is 0 Å². The fraction of sp³-hybridized carbons (Fsp3) is 0.167. The Balaban J connectivity index is 1.44. The molecule has 3 aromatic carbocycles. The number of nitrogens with one attached hydrogen (secondary N) is 3. The monoisotopic (exact) mass is 420 g/mol. The highest BCUT2D eigenvalue weighted by molar-refractivity contribution is 5.93. The number of likely N-dealkylation sites (N-methyl/N-ethyl adjacent to an activating group) is 1. The zero-order valence-corrected chi connectivity index (χ0v) is 17.6. The molecule has 160 valence electrons. The number of ether oxygens (including phenoxy) is 2. The number of hydrogen-bond acceptors (Lipinski definition) is 4. The second-order valence-electron chi connectivity index (χ2n) is 7.08. The smallest absolute Gasteiger partial charge is 0.279 e. The van der Waals surface area contributed by atoms with E-state index in [0.717, 1.165) is 10.6 Å². The van der Waals surface area contributed by atoms with Crippen LogP contribution < -0.4 is 25.0 Å². The largest absolute Gasteiger partial charge is 0.497 e. The molecule has 1 atom stereocenters. The summed E-state index contributed by atoms with van der Waals surface area (Å²) < 4.78 is 10.9. The number of rotatable bonds is 9. The average molecular weight is 420 g/mol. The summed E-state index contributed by atoms with van der Waals surface area (Å²) >= 11 is 0. The summed E-state index contributed by atoms with van der Waals surface area (Å²) in [5.74, 6) is 1.74. The van der Waals surface area contributed by atoms with Crippen molar-refractivity contribution < 1.29 is 24.0 Å². The van der Waals surface area contributed by atoms with E-state index in [1.807, 2.05) is 30.3 Å². The number of methoxy groups -OCH3 is 1. The maximum atomic E-state index is 12.3. The van der Waals surface area contributed by atoms with Gasteiger partial charge in [0.1, 0.15) is 17.2 Å². The number of para-hydroxylation sites is 1. The predicted octanol–water partition coefficient (Wildman–Crippen LogP) is 2.58. The molecule has 3 rings (SSSR count). The molecular weight excluding hydrogens is 394 g/mol. The minimum Gasteiger partial charge on any atom is -0.497 e. The van der Waals surface area contributed by atoms with Crippen LogP contribution in [0.2, 0.25) is 0 Å². The highest BCUT2D eigenvalue weighted by Gasteiger charge is 2.15. The Morgan fingerprint density at radius 1 is 0.742 bits per heavy atom. The minimum atomic E-state index is -0.180. The van der Waals surface area contributed by atoms with Gasteiger partial charge in [0.25, 0.3) is 11.8 Å². The quantitative estimate of drug-likeness (QED) is 0.497. The second-order valence-corrected chi connectivity index (χ2v) is 7.08. The van der Waals surface area contributed by atoms with E-state index in [4.69, 9.17) is 9.47 Å². The summed E-state index contributed by atoms with van der Waals surface area (Å²) in [7, 11) is 3.36. The fourth-order valence-electron chi connectivity index (χ4n) is 2.95. The van der Waals surface area contributed by atoms with Crippen LogP contribution >= 0.6 is 0 Å². The van der Waals surface area contributed by atoms with Gasteiger partial charge >= 0.3 is 0 Å². The molecule has 0 spiro atoms. The van der Waals surface area contributed by atoms with E-state index in [1.54, 1.807) is 62.7 Å². The lowest BCUT2D eigenvalue weighted by Gasteiger charge is -2.14. The predicted molar refractivity (Wildman–Crippen MR) is 120 cm³/mol. The zero-order chi connectivity index (χ0) is 22.1. The minimum absolute atomic E-state index is 0.161. The molecule has 3 N–H and O–H groups in total. The average Bonchev–Trinajstić information content (AvgIpc) is 2.75. The summed E-state index contributed by atoms with van der Waals surface area (Å²) in [5.41, 5.74) is 1.32. The lowest BCUT2D eigenvalue weighted by molar-refractivity contribution is -0.862. The van der Waals surface area contributed by atoms with Crippen molar-refractivity contribution in [2.24, 2.45) is 0 Å². The van der Waals surface area contributed by atoms with Gasteiger partial charge in [-0.1, -0.05) is 24.3 Å². The Bertz CT molecular complexity index is 1010. The van der Waals surface area contributed by atoms with Crippen LogP contribution in [-0.2, 0) is 9.59 Å².